The summed E-state index contributed by atoms with van der Waals surface area (Å²) in [6, 6.07) is 4.31. The fourth-order valence-corrected chi connectivity index (χ4v) is 4.93. The third-order valence-electron chi connectivity index (χ3n) is 4.08. The number of hydrogen-bond donors (Lipinski definition) is 1. The first-order chi connectivity index (χ1) is 9.08. The van der Waals surface area contributed by atoms with E-state index in [1.54, 1.807) is 0 Å². The Kier molecular flexibility index (Phi) is 3.65. The molecule has 1 aliphatic carbocycles. The first kappa shape index (κ1) is 13.5. The molecule has 1 aromatic carbocycles. The average molecular weight is 339 g/mol. The van der Waals surface area contributed by atoms with E-state index < -0.39 is 0 Å². The Morgan fingerprint density at radius 3 is 2.47 bits per heavy atom. The van der Waals surface area contributed by atoms with Crippen LogP contribution >= 0.6 is 27.7 Å². The van der Waals surface area contributed by atoms with Crippen LogP contribution in [0, 0.1) is 13.8 Å². The standard InChI is InChI=1S/C15H19BrN2S/c1-10-7-12(16)8-11(2)13(10)17-14-18-15(9-19-14)5-3-4-6-15/h7-8H,3-6,9H2,1-2H3,(H,17,18). The molecule has 1 heterocycles. The number of hydrogen-bond acceptors (Lipinski definition) is 3. The predicted octanol–water partition coefficient (Wildman–Crippen LogP) is 4.89. The second-order valence-corrected chi connectivity index (χ2v) is 7.56. The van der Waals surface area contributed by atoms with Crippen LogP contribution in [0.4, 0.5) is 5.69 Å². The number of nitrogens with zero attached hydrogens (tertiary/aromatic N) is 1. The maximum atomic E-state index is 4.98. The minimum atomic E-state index is 0.254. The first-order valence-electron chi connectivity index (χ1n) is 6.84. The molecule has 1 spiro atoms. The van der Waals surface area contributed by atoms with Gasteiger partial charge in [0.1, 0.15) is 0 Å². The fraction of sp³-hybridized carbons (Fsp3) is 0.533. The molecular weight excluding hydrogens is 320 g/mol. The molecule has 3 rings (SSSR count). The highest BCUT2D eigenvalue weighted by molar-refractivity contribution is 9.10. The molecule has 1 aliphatic heterocycles. The van der Waals surface area contributed by atoms with Crippen molar-refractivity contribution in [2.24, 2.45) is 4.99 Å². The van der Waals surface area contributed by atoms with Gasteiger partial charge in [-0.1, -0.05) is 40.5 Å². The largest absolute Gasteiger partial charge is 0.335 e. The molecule has 1 N–H and O–H groups in total. The summed E-state index contributed by atoms with van der Waals surface area (Å²) < 4.78 is 1.14. The Hall–Kier alpha value is -0.480. The van der Waals surface area contributed by atoms with Gasteiger partial charge in [0, 0.05) is 15.9 Å². The zero-order chi connectivity index (χ0) is 13.5. The SMILES string of the molecule is Cc1cc(Br)cc(C)c1NC1=NC2(CCCC2)CS1. The van der Waals surface area contributed by atoms with Gasteiger partial charge in [0.15, 0.2) is 5.17 Å². The van der Waals surface area contributed by atoms with Gasteiger partial charge in [-0.15, -0.1) is 0 Å². The van der Waals surface area contributed by atoms with Crippen LogP contribution in [0.5, 0.6) is 0 Å². The Morgan fingerprint density at radius 2 is 1.84 bits per heavy atom. The quantitative estimate of drug-likeness (QED) is 0.787. The summed E-state index contributed by atoms with van der Waals surface area (Å²) in [6.45, 7) is 4.29. The molecule has 0 aromatic heterocycles. The first-order valence-corrected chi connectivity index (χ1v) is 8.62. The summed E-state index contributed by atoms with van der Waals surface area (Å²) in [4.78, 5) is 4.98. The topological polar surface area (TPSA) is 24.4 Å². The van der Waals surface area contributed by atoms with E-state index in [0.29, 0.717) is 0 Å². The summed E-state index contributed by atoms with van der Waals surface area (Å²) in [5.41, 5.74) is 4.00. The van der Waals surface area contributed by atoms with E-state index in [1.807, 2.05) is 11.8 Å². The maximum Gasteiger partial charge on any atom is 0.161 e. The Balaban J connectivity index is 1.83. The summed E-state index contributed by atoms with van der Waals surface area (Å²) >= 11 is 5.43. The van der Waals surface area contributed by atoms with Crippen LogP contribution in [0.2, 0.25) is 0 Å². The van der Waals surface area contributed by atoms with Crippen molar-refractivity contribution >= 4 is 38.5 Å². The van der Waals surface area contributed by atoms with Crippen LogP contribution in [-0.2, 0) is 0 Å². The lowest BCUT2D eigenvalue weighted by Crippen LogP contribution is -2.21. The monoisotopic (exact) mass is 338 g/mol. The number of rotatable bonds is 1. The van der Waals surface area contributed by atoms with E-state index in [4.69, 9.17) is 4.99 Å². The van der Waals surface area contributed by atoms with Gasteiger partial charge in [0.2, 0.25) is 0 Å². The van der Waals surface area contributed by atoms with Crippen LogP contribution in [-0.4, -0.2) is 16.5 Å². The highest BCUT2D eigenvalue weighted by atomic mass is 79.9. The molecule has 1 saturated carbocycles. The van der Waals surface area contributed by atoms with Gasteiger partial charge in [-0.05, 0) is 49.9 Å². The molecule has 4 heteroatoms. The number of aliphatic imine (C=N–C) groups is 1. The van der Waals surface area contributed by atoms with Crippen LogP contribution in [0.3, 0.4) is 0 Å². The van der Waals surface area contributed by atoms with Gasteiger partial charge in [-0.3, -0.25) is 4.99 Å². The number of halogens is 1. The second-order valence-electron chi connectivity index (χ2n) is 5.68. The minimum absolute atomic E-state index is 0.254. The molecule has 0 atom stereocenters. The van der Waals surface area contributed by atoms with Crippen molar-refractivity contribution in [3.05, 3.63) is 27.7 Å². The smallest absolute Gasteiger partial charge is 0.161 e. The van der Waals surface area contributed by atoms with Crippen molar-refractivity contribution in [2.75, 3.05) is 11.1 Å². The van der Waals surface area contributed by atoms with Gasteiger partial charge < -0.3 is 5.32 Å². The lowest BCUT2D eigenvalue weighted by molar-refractivity contribution is 0.508. The molecule has 1 fully saturated rings. The van der Waals surface area contributed by atoms with Crippen LogP contribution in [0.25, 0.3) is 0 Å². The van der Waals surface area contributed by atoms with E-state index in [1.165, 1.54) is 42.5 Å². The van der Waals surface area contributed by atoms with Gasteiger partial charge >= 0.3 is 0 Å². The number of amidine groups is 1. The lowest BCUT2D eigenvalue weighted by atomic mass is 10.0. The van der Waals surface area contributed by atoms with Crippen molar-refractivity contribution in [1.82, 2.24) is 0 Å². The average Bonchev–Trinajstić information content (AvgIpc) is 2.95. The van der Waals surface area contributed by atoms with Crippen LogP contribution in [0.15, 0.2) is 21.6 Å². The lowest BCUT2D eigenvalue weighted by Gasteiger charge is -2.16. The molecule has 2 aliphatic rings. The van der Waals surface area contributed by atoms with Crippen molar-refractivity contribution < 1.29 is 0 Å². The van der Waals surface area contributed by atoms with Gasteiger partial charge in [0.25, 0.3) is 0 Å². The van der Waals surface area contributed by atoms with E-state index in [9.17, 15) is 0 Å². The number of anilines is 1. The zero-order valence-corrected chi connectivity index (χ0v) is 13.8. The molecule has 102 valence electrons. The molecule has 1 aromatic rings. The van der Waals surface area contributed by atoms with E-state index >= 15 is 0 Å². The van der Waals surface area contributed by atoms with Crippen molar-refractivity contribution in [1.29, 1.82) is 0 Å². The number of thioether (sulfide) groups is 1. The van der Waals surface area contributed by atoms with Gasteiger partial charge in [0.05, 0.1) is 5.54 Å². The maximum absolute atomic E-state index is 4.98. The summed E-state index contributed by atoms with van der Waals surface area (Å²) in [7, 11) is 0. The van der Waals surface area contributed by atoms with Crippen LogP contribution < -0.4 is 5.32 Å². The van der Waals surface area contributed by atoms with E-state index in [2.05, 4.69) is 47.2 Å². The number of benzene rings is 1. The third-order valence-corrected chi connectivity index (χ3v) is 5.69. The molecule has 0 radical (unpaired) electrons. The van der Waals surface area contributed by atoms with Gasteiger partial charge in [-0.25, -0.2) is 0 Å². The highest BCUT2D eigenvalue weighted by Crippen LogP contribution is 2.41. The Bertz CT molecular complexity index is 510. The Labute approximate surface area is 127 Å². The molecule has 0 bridgehead atoms. The Morgan fingerprint density at radius 1 is 1.21 bits per heavy atom. The third kappa shape index (κ3) is 2.70. The highest BCUT2D eigenvalue weighted by Gasteiger charge is 2.38. The molecule has 19 heavy (non-hydrogen) atoms. The summed E-state index contributed by atoms with van der Waals surface area (Å²) in [6.07, 6.45) is 5.22. The summed E-state index contributed by atoms with van der Waals surface area (Å²) in [5.74, 6) is 1.16. The number of nitrogens with one attached hydrogen (secondary N) is 1. The summed E-state index contributed by atoms with van der Waals surface area (Å²) in [5, 5.41) is 4.65. The molecule has 0 saturated heterocycles. The van der Waals surface area contributed by atoms with Crippen molar-refractivity contribution in [3.63, 3.8) is 0 Å². The molecule has 0 amide bonds. The predicted molar refractivity (Wildman–Crippen MR) is 88.3 cm³/mol. The second kappa shape index (κ2) is 5.13. The van der Waals surface area contributed by atoms with Crippen LogP contribution in [0.1, 0.15) is 36.8 Å². The zero-order valence-electron chi connectivity index (χ0n) is 11.4. The minimum Gasteiger partial charge on any atom is -0.335 e. The van der Waals surface area contributed by atoms with E-state index in [-0.39, 0.29) is 5.54 Å². The van der Waals surface area contributed by atoms with Crippen molar-refractivity contribution in [3.8, 4) is 0 Å². The van der Waals surface area contributed by atoms with E-state index in [0.717, 1.165) is 15.4 Å². The molecule has 0 unspecified atom stereocenters. The molecule has 2 nitrogen and oxygen atoms in total. The van der Waals surface area contributed by atoms with Gasteiger partial charge in [-0.2, -0.15) is 0 Å². The molecular formula is C15H19BrN2S. The number of aryl methyl sites for hydroxylation is 2. The fourth-order valence-electron chi connectivity index (χ4n) is 3.05. The normalized spacial score (nSPS) is 20.9. The van der Waals surface area contributed by atoms with Crippen molar-refractivity contribution in [2.45, 2.75) is 45.1 Å².